The van der Waals surface area contributed by atoms with Crippen LogP contribution in [0, 0.1) is 23.7 Å². The molecule has 5 nitrogen and oxygen atoms in total. The second-order valence-electron chi connectivity index (χ2n) is 9.16. The molecule has 2 aromatic carbocycles. The maximum absolute atomic E-state index is 13.2. The number of hydrogen-bond donors (Lipinski definition) is 0. The van der Waals surface area contributed by atoms with Crippen LogP contribution in [0.3, 0.4) is 0 Å². The lowest BCUT2D eigenvalue weighted by atomic mass is 9.85. The molecule has 2 aliphatic carbocycles. The fourth-order valence-electron chi connectivity index (χ4n) is 5.89. The van der Waals surface area contributed by atoms with Crippen LogP contribution < -0.4 is 4.90 Å². The van der Waals surface area contributed by atoms with E-state index in [1.54, 1.807) is 24.3 Å². The number of nitrogens with zero attached hydrogens (tertiary/aromatic N) is 2. The van der Waals surface area contributed by atoms with Gasteiger partial charge in [-0.3, -0.25) is 14.4 Å². The van der Waals surface area contributed by atoms with E-state index in [-0.39, 0.29) is 41.4 Å². The van der Waals surface area contributed by atoms with Crippen LogP contribution >= 0.6 is 0 Å². The topological polar surface area (TPSA) is 57.7 Å². The predicted octanol–water partition coefficient (Wildman–Crippen LogP) is 3.93. The summed E-state index contributed by atoms with van der Waals surface area (Å²) in [7, 11) is 0. The third-order valence-corrected chi connectivity index (χ3v) is 7.46. The molecular formula is C27H24N2O3. The summed E-state index contributed by atoms with van der Waals surface area (Å²) in [6.45, 7) is 1.19. The first kappa shape index (κ1) is 19.2. The number of amides is 3. The van der Waals surface area contributed by atoms with Crippen molar-refractivity contribution in [3.63, 3.8) is 0 Å². The van der Waals surface area contributed by atoms with Crippen molar-refractivity contribution in [1.82, 2.24) is 4.90 Å². The first-order chi connectivity index (χ1) is 15.6. The molecule has 0 spiro atoms. The number of imide groups is 1. The van der Waals surface area contributed by atoms with Gasteiger partial charge in [-0.2, -0.15) is 0 Å². The lowest BCUT2D eigenvalue weighted by Crippen LogP contribution is -2.35. The van der Waals surface area contributed by atoms with Crippen molar-refractivity contribution in [2.75, 3.05) is 18.0 Å². The molecule has 2 aromatic rings. The number of carbonyl (C=O) groups excluding carboxylic acids is 3. The fourth-order valence-corrected chi connectivity index (χ4v) is 5.89. The zero-order chi connectivity index (χ0) is 21.8. The molecule has 160 valence electrons. The summed E-state index contributed by atoms with van der Waals surface area (Å²) in [4.78, 5) is 42.5. The maximum Gasteiger partial charge on any atom is 0.254 e. The Labute approximate surface area is 187 Å². The highest BCUT2D eigenvalue weighted by Crippen LogP contribution is 2.53. The lowest BCUT2D eigenvalue weighted by Gasteiger charge is -2.27. The van der Waals surface area contributed by atoms with Crippen LogP contribution in [0.5, 0.6) is 0 Å². The summed E-state index contributed by atoms with van der Waals surface area (Å²) in [6, 6.07) is 17.2. The van der Waals surface area contributed by atoms with Crippen molar-refractivity contribution in [3.8, 4) is 0 Å². The van der Waals surface area contributed by atoms with Gasteiger partial charge in [0.15, 0.2) is 0 Å². The number of rotatable bonds is 3. The minimum absolute atomic E-state index is 0.0729. The molecule has 2 heterocycles. The molecule has 4 atom stereocenters. The number of allylic oxidation sites excluding steroid dienone is 2. The van der Waals surface area contributed by atoms with Crippen LogP contribution in [0.1, 0.15) is 28.8 Å². The van der Waals surface area contributed by atoms with Crippen LogP contribution in [0.2, 0.25) is 0 Å². The van der Waals surface area contributed by atoms with Gasteiger partial charge >= 0.3 is 0 Å². The molecule has 2 aliphatic heterocycles. The molecule has 0 radical (unpaired) electrons. The number of benzene rings is 2. The Balaban J connectivity index is 1.22. The van der Waals surface area contributed by atoms with E-state index in [0.29, 0.717) is 24.3 Å². The van der Waals surface area contributed by atoms with Gasteiger partial charge in [-0.25, -0.2) is 4.90 Å². The largest absolute Gasteiger partial charge is 0.335 e. The number of hydrogen-bond acceptors (Lipinski definition) is 3. The molecule has 0 unspecified atom stereocenters. The van der Waals surface area contributed by atoms with Gasteiger partial charge in [0.25, 0.3) is 5.91 Å². The summed E-state index contributed by atoms with van der Waals surface area (Å²) in [5, 5.41) is 0. The van der Waals surface area contributed by atoms with Crippen molar-refractivity contribution in [1.29, 1.82) is 0 Å². The maximum atomic E-state index is 13.2. The summed E-state index contributed by atoms with van der Waals surface area (Å²) in [6.07, 6.45) is 8.00. The second kappa shape index (κ2) is 7.30. The Morgan fingerprint density at radius 2 is 1.59 bits per heavy atom. The molecule has 1 saturated heterocycles. The predicted molar refractivity (Wildman–Crippen MR) is 122 cm³/mol. The van der Waals surface area contributed by atoms with Crippen LogP contribution in [0.25, 0.3) is 5.57 Å². The smallest absolute Gasteiger partial charge is 0.254 e. The Bertz CT molecular complexity index is 1150. The van der Waals surface area contributed by atoms with E-state index in [0.717, 1.165) is 12.8 Å². The molecule has 6 rings (SSSR count). The molecule has 0 aromatic heterocycles. The standard InChI is InChI=1S/C27H24N2O3/c30-25(28-13-11-18(12-14-28)17-5-2-1-3-6-17)21-7-4-8-22(16-21)29-26(31)23-19-9-10-20(15-19)24(23)27(29)32/h1-11,16,19-20,23-24H,12-15H2/t19-,20-,23-,24+/m0/s1. The van der Waals surface area contributed by atoms with Crippen LogP contribution in [0.15, 0.2) is 72.8 Å². The SMILES string of the molecule is O=C(c1cccc(N2C(=O)[C@@H]3[C@H](C2=O)[C@H]2C=C[C@H]3C2)c1)N1CC=C(c2ccccc2)CC1. The van der Waals surface area contributed by atoms with Crippen molar-refractivity contribution in [2.24, 2.45) is 23.7 Å². The number of fused-ring (bicyclic) bond motifs is 5. The molecule has 5 heteroatoms. The molecule has 2 fully saturated rings. The van der Waals surface area contributed by atoms with E-state index in [4.69, 9.17) is 0 Å². The quantitative estimate of drug-likeness (QED) is 0.554. The molecule has 2 bridgehead atoms. The monoisotopic (exact) mass is 424 g/mol. The van der Waals surface area contributed by atoms with Gasteiger partial charge in [-0.05, 0) is 54.0 Å². The third-order valence-electron chi connectivity index (χ3n) is 7.46. The van der Waals surface area contributed by atoms with E-state index in [9.17, 15) is 14.4 Å². The average Bonchev–Trinajstić information content (AvgIpc) is 3.53. The van der Waals surface area contributed by atoms with Gasteiger partial charge in [0.1, 0.15) is 0 Å². The zero-order valence-electron chi connectivity index (χ0n) is 17.7. The zero-order valence-corrected chi connectivity index (χ0v) is 17.7. The second-order valence-corrected chi connectivity index (χ2v) is 9.16. The summed E-state index contributed by atoms with van der Waals surface area (Å²) >= 11 is 0. The van der Waals surface area contributed by atoms with E-state index in [1.165, 1.54) is 16.0 Å². The first-order valence-electron chi connectivity index (χ1n) is 11.3. The normalized spacial score (nSPS) is 28.3. The first-order valence-corrected chi connectivity index (χ1v) is 11.3. The Morgan fingerprint density at radius 3 is 2.25 bits per heavy atom. The number of anilines is 1. The van der Waals surface area contributed by atoms with Gasteiger partial charge in [-0.1, -0.05) is 54.6 Å². The van der Waals surface area contributed by atoms with Crippen molar-refractivity contribution < 1.29 is 14.4 Å². The highest BCUT2D eigenvalue weighted by Gasteiger charge is 2.59. The van der Waals surface area contributed by atoms with E-state index in [2.05, 4.69) is 30.4 Å². The van der Waals surface area contributed by atoms with Gasteiger partial charge in [0, 0.05) is 18.7 Å². The minimum Gasteiger partial charge on any atom is -0.335 e. The van der Waals surface area contributed by atoms with Crippen molar-refractivity contribution in [2.45, 2.75) is 12.8 Å². The van der Waals surface area contributed by atoms with Crippen molar-refractivity contribution >= 4 is 29.0 Å². The molecule has 3 amide bonds. The average molecular weight is 425 g/mol. The highest BCUT2D eigenvalue weighted by atomic mass is 16.2. The molecule has 32 heavy (non-hydrogen) atoms. The Hall–Kier alpha value is -3.47. The summed E-state index contributed by atoms with van der Waals surface area (Å²) in [5.74, 6) is -0.424. The van der Waals surface area contributed by atoms with Crippen LogP contribution in [0.4, 0.5) is 5.69 Å². The fraction of sp³-hybridized carbons (Fsp3) is 0.296. The van der Waals surface area contributed by atoms with Gasteiger partial charge in [0.2, 0.25) is 11.8 Å². The Morgan fingerprint density at radius 1 is 0.875 bits per heavy atom. The summed E-state index contributed by atoms with van der Waals surface area (Å²) < 4.78 is 0. The van der Waals surface area contributed by atoms with Crippen LogP contribution in [-0.4, -0.2) is 35.7 Å². The summed E-state index contributed by atoms with van der Waals surface area (Å²) in [5.41, 5.74) is 3.48. The third kappa shape index (κ3) is 2.88. The van der Waals surface area contributed by atoms with Gasteiger partial charge in [-0.15, -0.1) is 0 Å². The molecular weight excluding hydrogens is 400 g/mol. The highest BCUT2D eigenvalue weighted by molar-refractivity contribution is 6.23. The van der Waals surface area contributed by atoms with Gasteiger partial charge in [0.05, 0.1) is 17.5 Å². The molecule has 4 aliphatic rings. The number of carbonyl (C=O) groups is 3. The van der Waals surface area contributed by atoms with Crippen LogP contribution in [-0.2, 0) is 9.59 Å². The van der Waals surface area contributed by atoms with E-state index < -0.39 is 0 Å². The lowest BCUT2D eigenvalue weighted by molar-refractivity contribution is -0.123. The van der Waals surface area contributed by atoms with Gasteiger partial charge < -0.3 is 4.90 Å². The molecule has 0 N–H and O–H groups in total. The van der Waals surface area contributed by atoms with Crippen molar-refractivity contribution in [3.05, 3.63) is 84.0 Å². The van der Waals surface area contributed by atoms with E-state index >= 15 is 0 Å². The molecule has 1 saturated carbocycles. The Kier molecular flexibility index (Phi) is 4.39. The van der Waals surface area contributed by atoms with E-state index in [1.807, 2.05) is 23.1 Å². The minimum atomic E-state index is -0.236.